The highest BCUT2D eigenvalue weighted by Gasteiger charge is 2.32. The number of ketones is 1. The van der Waals surface area contributed by atoms with Gasteiger partial charge in [0.05, 0.1) is 11.7 Å². The lowest BCUT2D eigenvalue weighted by Crippen LogP contribution is -2.44. The van der Waals surface area contributed by atoms with Gasteiger partial charge in [0.2, 0.25) is 0 Å². The molecule has 0 fully saturated rings. The maximum Gasteiger partial charge on any atom is 0.171 e. The predicted octanol–water partition coefficient (Wildman–Crippen LogP) is 4.51. The summed E-state index contributed by atoms with van der Waals surface area (Å²) in [5.74, 6) is -0.0858. The van der Waals surface area contributed by atoms with E-state index in [-0.39, 0.29) is 5.78 Å². The van der Waals surface area contributed by atoms with Crippen molar-refractivity contribution in [2.45, 2.75) is 13.0 Å². The van der Waals surface area contributed by atoms with E-state index in [1.807, 2.05) is 30.3 Å². The van der Waals surface area contributed by atoms with E-state index in [0.29, 0.717) is 32.0 Å². The first-order valence-electron chi connectivity index (χ1n) is 7.31. The molecule has 3 rings (SSSR count). The molecular formula is C18H14Cl2N2OS. The van der Waals surface area contributed by atoms with Gasteiger partial charge in [-0.05, 0) is 36.8 Å². The van der Waals surface area contributed by atoms with Crippen molar-refractivity contribution in [1.29, 1.82) is 0 Å². The summed E-state index contributed by atoms with van der Waals surface area (Å²) in [5.41, 5.74) is 2.74. The van der Waals surface area contributed by atoms with Crippen molar-refractivity contribution in [1.82, 2.24) is 10.6 Å². The summed E-state index contributed by atoms with van der Waals surface area (Å²) in [4.78, 5) is 12.4. The molecule has 3 nitrogen and oxygen atoms in total. The average Bonchev–Trinajstić information content (AvgIpc) is 2.54. The Morgan fingerprint density at radius 1 is 1.04 bits per heavy atom. The molecule has 0 unspecified atom stereocenters. The number of benzene rings is 2. The molecule has 0 saturated carbocycles. The Kier molecular flexibility index (Phi) is 4.90. The first-order valence-corrected chi connectivity index (χ1v) is 8.47. The predicted molar refractivity (Wildman–Crippen MR) is 102 cm³/mol. The van der Waals surface area contributed by atoms with Crippen LogP contribution < -0.4 is 10.6 Å². The van der Waals surface area contributed by atoms with Gasteiger partial charge in [-0.15, -0.1) is 0 Å². The molecule has 0 amide bonds. The minimum absolute atomic E-state index is 0.0858. The monoisotopic (exact) mass is 376 g/mol. The van der Waals surface area contributed by atoms with Crippen LogP contribution in [-0.2, 0) is 4.79 Å². The molecule has 0 saturated heterocycles. The first kappa shape index (κ1) is 17.0. The Balaban J connectivity index is 2.25. The van der Waals surface area contributed by atoms with Crippen LogP contribution >= 0.6 is 35.4 Å². The Morgan fingerprint density at radius 3 is 2.25 bits per heavy atom. The number of halogens is 2. The molecule has 1 heterocycles. The van der Waals surface area contributed by atoms with E-state index in [4.69, 9.17) is 35.4 Å². The number of Topliss-reactive ketones (excluding diaryl/α,β-unsaturated/α-hetero) is 1. The van der Waals surface area contributed by atoms with Crippen molar-refractivity contribution in [3.63, 3.8) is 0 Å². The number of hydrogen-bond acceptors (Lipinski definition) is 2. The summed E-state index contributed by atoms with van der Waals surface area (Å²) in [5, 5.41) is 7.59. The molecule has 1 aliphatic rings. The number of hydrogen-bond donors (Lipinski definition) is 2. The minimum Gasteiger partial charge on any atom is -0.351 e. The summed E-state index contributed by atoms with van der Waals surface area (Å²) >= 11 is 18.0. The Hall–Kier alpha value is -1.88. The highest BCUT2D eigenvalue weighted by Crippen LogP contribution is 2.38. The highest BCUT2D eigenvalue weighted by atomic mass is 35.5. The number of rotatable bonds is 3. The van der Waals surface area contributed by atoms with Gasteiger partial charge in [0.1, 0.15) is 0 Å². The van der Waals surface area contributed by atoms with E-state index in [1.54, 1.807) is 18.2 Å². The van der Waals surface area contributed by atoms with Gasteiger partial charge in [0.15, 0.2) is 10.9 Å². The SMILES string of the molecule is CC(=O)C1=C(c2ccccc2)NC(=S)N[C@H]1c1c(Cl)cccc1Cl. The molecule has 0 aromatic heterocycles. The van der Waals surface area contributed by atoms with Crippen molar-refractivity contribution >= 4 is 52.0 Å². The second-order valence-electron chi connectivity index (χ2n) is 5.38. The normalized spacial score (nSPS) is 17.3. The van der Waals surface area contributed by atoms with E-state index < -0.39 is 6.04 Å². The van der Waals surface area contributed by atoms with Gasteiger partial charge in [-0.3, -0.25) is 4.79 Å². The van der Waals surface area contributed by atoms with Gasteiger partial charge in [0, 0.05) is 21.2 Å². The zero-order valence-electron chi connectivity index (χ0n) is 12.8. The van der Waals surface area contributed by atoms with Crippen LogP contribution in [0.1, 0.15) is 24.1 Å². The molecule has 6 heteroatoms. The van der Waals surface area contributed by atoms with Gasteiger partial charge in [-0.25, -0.2) is 0 Å². The van der Waals surface area contributed by atoms with Crippen LogP contribution in [0, 0.1) is 0 Å². The summed E-state index contributed by atoms with van der Waals surface area (Å²) in [7, 11) is 0. The fourth-order valence-corrected chi connectivity index (χ4v) is 3.61. The van der Waals surface area contributed by atoms with Crippen molar-refractivity contribution in [2.75, 3.05) is 0 Å². The summed E-state index contributed by atoms with van der Waals surface area (Å²) in [6.45, 7) is 1.52. The van der Waals surface area contributed by atoms with Gasteiger partial charge < -0.3 is 10.6 Å². The average molecular weight is 377 g/mol. The molecule has 0 spiro atoms. The largest absolute Gasteiger partial charge is 0.351 e. The van der Waals surface area contributed by atoms with E-state index in [9.17, 15) is 4.79 Å². The van der Waals surface area contributed by atoms with Crippen molar-refractivity contribution in [2.24, 2.45) is 0 Å². The lowest BCUT2D eigenvalue weighted by Gasteiger charge is -2.32. The maximum absolute atomic E-state index is 12.4. The van der Waals surface area contributed by atoms with Gasteiger partial charge in [0.25, 0.3) is 0 Å². The Morgan fingerprint density at radius 2 is 1.67 bits per heavy atom. The molecule has 0 radical (unpaired) electrons. The van der Waals surface area contributed by atoms with Gasteiger partial charge >= 0.3 is 0 Å². The lowest BCUT2D eigenvalue weighted by molar-refractivity contribution is -0.113. The maximum atomic E-state index is 12.4. The van der Waals surface area contributed by atoms with Gasteiger partial charge in [-0.1, -0.05) is 59.6 Å². The highest BCUT2D eigenvalue weighted by molar-refractivity contribution is 7.80. The zero-order valence-corrected chi connectivity index (χ0v) is 15.1. The van der Waals surface area contributed by atoms with E-state index in [0.717, 1.165) is 5.56 Å². The van der Waals surface area contributed by atoms with Crippen LogP contribution in [0.2, 0.25) is 10.0 Å². The summed E-state index contributed by atoms with van der Waals surface area (Å²) in [6, 6.07) is 14.3. The van der Waals surface area contributed by atoms with E-state index in [2.05, 4.69) is 10.6 Å². The summed E-state index contributed by atoms with van der Waals surface area (Å²) < 4.78 is 0. The van der Waals surface area contributed by atoms with Crippen molar-refractivity contribution in [3.8, 4) is 0 Å². The van der Waals surface area contributed by atoms with Crippen molar-refractivity contribution < 1.29 is 4.79 Å². The topological polar surface area (TPSA) is 41.1 Å². The Labute approximate surface area is 155 Å². The molecule has 0 aliphatic carbocycles. The van der Waals surface area contributed by atoms with Crippen LogP contribution in [0.25, 0.3) is 5.70 Å². The first-order chi connectivity index (χ1) is 11.5. The third-order valence-electron chi connectivity index (χ3n) is 3.80. The molecule has 24 heavy (non-hydrogen) atoms. The quantitative estimate of drug-likeness (QED) is 0.773. The molecule has 2 N–H and O–H groups in total. The van der Waals surface area contributed by atoms with Crippen molar-refractivity contribution in [3.05, 3.63) is 75.3 Å². The number of nitrogens with one attached hydrogen (secondary N) is 2. The standard InChI is InChI=1S/C18H14Cl2N2OS/c1-10(23)14-16(11-6-3-2-4-7-11)21-18(24)22-17(14)15-12(19)8-5-9-13(15)20/h2-9,17H,1H3,(H2,21,22,24)/t17-/m1/s1. The number of carbonyl (C=O) groups is 1. The van der Waals surface area contributed by atoms with Crippen LogP contribution in [-0.4, -0.2) is 10.9 Å². The lowest BCUT2D eigenvalue weighted by atomic mass is 9.90. The number of thiocarbonyl (C=S) groups is 1. The second-order valence-corrected chi connectivity index (χ2v) is 6.60. The molecule has 2 aromatic carbocycles. The fourth-order valence-electron chi connectivity index (χ4n) is 2.78. The van der Waals surface area contributed by atoms with Crippen LogP contribution in [0.3, 0.4) is 0 Å². The third-order valence-corrected chi connectivity index (χ3v) is 4.68. The zero-order chi connectivity index (χ0) is 17.3. The third kappa shape index (κ3) is 3.18. The second kappa shape index (κ2) is 6.93. The fraction of sp³-hybridized carbons (Fsp3) is 0.111. The minimum atomic E-state index is -0.507. The molecule has 0 bridgehead atoms. The molecule has 2 aromatic rings. The number of carbonyl (C=O) groups excluding carboxylic acids is 1. The van der Waals surface area contributed by atoms with Crippen LogP contribution in [0.4, 0.5) is 0 Å². The van der Waals surface area contributed by atoms with Gasteiger partial charge in [-0.2, -0.15) is 0 Å². The summed E-state index contributed by atoms with van der Waals surface area (Å²) in [6.07, 6.45) is 0. The smallest absolute Gasteiger partial charge is 0.171 e. The van der Waals surface area contributed by atoms with Crippen LogP contribution in [0.15, 0.2) is 54.1 Å². The van der Waals surface area contributed by atoms with E-state index >= 15 is 0 Å². The van der Waals surface area contributed by atoms with E-state index in [1.165, 1.54) is 6.92 Å². The Bertz CT molecular complexity index is 829. The molecule has 122 valence electrons. The molecular weight excluding hydrogens is 363 g/mol. The molecule has 1 atom stereocenters. The molecule has 1 aliphatic heterocycles. The van der Waals surface area contributed by atoms with Crippen LogP contribution in [0.5, 0.6) is 0 Å².